The minimum atomic E-state index is -0.366. The van der Waals surface area contributed by atoms with E-state index in [9.17, 15) is 4.79 Å². The fourth-order valence-corrected chi connectivity index (χ4v) is 1.53. The fraction of sp³-hybridized carbons (Fsp3) is 0.909. The molecule has 3 nitrogen and oxygen atoms in total. The number of carbonyl (C=O) groups is 1. The van der Waals surface area contributed by atoms with Crippen LogP contribution in [0.25, 0.3) is 0 Å². The Bertz CT molecular complexity index is 190. The molecule has 0 aliphatic heterocycles. The number of ether oxygens (including phenoxy) is 1. The molecule has 0 spiro atoms. The lowest BCUT2D eigenvalue weighted by Crippen LogP contribution is -2.28. The van der Waals surface area contributed by atoms with E-state index >= 15 is 0 Å². The quantitative estimate of drug-likeness (QED) is 0.656. The SMILES string of the molecule is CSCCN(C)CCC(=O)OC(C)(C)C. The van der Waals surface area contributed by atoms with Gasteiger partial charge in [-0.3, -0.25) is 4.79 Å². The van der Waals surface area contributed by atoms with Gasteiger partial charge in [0, 0.05) is 18.8 Å². The molecule has 0 saturated carbocycles. The van der Waals surface area contributed by atoms with Crippen molar-refractivity contribution >= 4 is 17.7 Å². The summed E-state index contributed by atoms with van der Waals surface area (Å²) in [5.74, 6) is 0.990. The maximum absolute atomic E-state index is 11.4. The average Bonchev–Trinajstić information content (AvgIpc) is 2.08. The van der Waals surface area contributed by atoms with E-state index in [2.05, 4.69) is 11.2 Å². The van der Waals surface area contributed by atoms with Crippen molar-refractivity contribution in [2.75, 3.05) is 32.1 Å². The van der Waals surface area contributed by atoms with Gasteiger partial charge in [0.25, 0.3) is 0 Å². The van der Waals surface area contributed by atoms with Crippen molar-refractivity contribution in [1.82, 2.24) is 4.90 Å². The lowest BCUT2D eigenvalue weighted by atomic mass is 10.2. The highest BCUT2D eigenvalue weighted by Gasteiger charge is 2.16. The van der Waals surface area contributed by atoms with Gasteiger partial charge in [0.15, 0.2) is 0 Å². The first kappa shape index (κ1) is 14.8. The molecule has 0 saturated heterocycles. The van der Waals surface area contributed by atoms with E-state index in [0.29, 0.717) is 6.42 Å². The molecule has 0 fully saturated rings. The Morgan fingerprint density at radius 3 is 2.40 bits per heavy atom. The summed E-state index contributed by atoms with van der Waals surface area (Å²) in [5.41, 5.74) is -0.366. The Hall–Kier alpha value is -0.220. The van der Waals surface area contributed by atoms with Crippen LogP contribution >= 0.6 is 11.8 Å². The highest BCUT2D eigenvalue weighted by molar-refractivity contribution is 7.98. The van der Waals surface area contributed by atoms with Crippen molar-refractivity contribution in [1.29, 1.82) is 0 Å². The molecule has 0 aromatic rings. The van der Waals surface area contributed by atoms with Crippen LogP contribution in [0.1, 0.15) is 27.2 Å². The maximum Gasteiger partial charge on any atom is 0.307 e. The van der Waals surface area contributed by atoms with Gasteiger partial charge >= 0.3 is 5.97 Å². The zero-order chi connectivity index (χ0) is 11.9. The van der Waals surface area contributed by atoms with Crippen LogP contribution in [0.15, 0.2) is 0 Å². The summed E-state index contributed by atoms with van der Waals surface area (Å²) in [4.78, 5) is 13.5. The van der Waals surface area contributed by atoms with E-state index in [1.165, 1.54) is 0 Å². The molecule has 4 heteroatoms. The number of carbonyl (C=O) groups excluding carboxylic acids is 1. The summed E-state index contributed by atoms with van der Waals surface area (Å²) >= 11 is 1.82. The van der Waals surface area contributed by atoms with Crippen molar-refractivity contribution in [2.45, 2.75) is 32.8 Å². The minimum absolute atomic E-state index is 0.112. The molecule has 0 rings (SSSR count). The van der Waals surface area contributed by atoms with Gasteiger partial charge < -0.3 is 9.64 Å². The Morgan fingerprint density at radius 2 is 1.93 bits per heavy atom. The zero-order valence-corrected chi connectivity index (χ0v) is 11.3. The molecule has 0 radical (unpaired) electrons. The standard InChI is InChI=1S/C11H23NO2S/c1-11(2,3)14-10(13)6-7-12(4)8-9-15-5/h6-9H2,1-5H3. The summed E-state index contributed by atoms with van der Waals surface area (Å²) in [6, 6.07) is 0. The second-order valence-electron chi connectivity index (χ2n) is 4.63. The van der Waals surface area contributed by atoms with Crippen LogP contribution in [-0.4, -0.2) is 48.6 Å². The van der Waals surface area contributed by atoms with E-state index in [0.717, 1.165) is 18.8 Å². The first-order valence-corrected chi connectivity index (χ1v) is 6.64. The maximum atomic E-state index is 11.4. The van der Waals surface area contributed by atoms with Gasteiger partial charge in [-0.05, 0) is 34.1 Å². The van der Waals surface area contributed by atoms with Crippen LogP contribution in [0.5, 0.6) is 0 Å². The zero-order valence-electron chi connectivity index (χ0n) is 10.5. The molecule has 0 aromatic carbocycles. The summed E-state index contributed by atoms with van der Waals surface area (Å²) in [7, 11) is 2.03. The topological polar surface area (TPSA) is 29.5 Å². The average molecular weight is 233 g/mol. The van der Waals surface area contributed by atoms with E-state index < -0.39 is 0 Å². The van der Waals surface area contributed by atoms with Gasteiger partial charge in [-0.15, -0.1) is 0 Å². The van der Waals surface area contributed by atoms with Crippen LogP contribution in [0.2, 0.25) is 0 Å². The van der Waals surface area contributed by atoms with Crippen LogP contribution in [0.4, 0.5) is 0 Å². The molecule has 0 bridgehead atoms. The van der Waals surface area contributed by atoms with Gasteiger partial charge in [0.2, 0.25) is 0 Å². The third kappa shape index (κ3) is 10.1. The van der Waals surface area contributed by atoms with E-state index in [1.54, 1.807) is 0 Å². The fourth-order valence-electron chi connectivity index (χ4n) is 1.03. The molecular formula is C11H23NO2S. The summed E-state index contributed by atoms with van der Waals surface area (Å²) in [6.45, 7) is 7.46. The number of rotatable bonds is 6. The Morgan fingerprint density at radius 1 is 1.33 bits per heavy atom. The Balaban J connectivity index is 3.62. The van der Waals surface area contributed by atoms with Gasteiger partial charge in [-0.1, -0.05) is 0 Å². The van der Waals surface area contributed by atoms with Gasteiger partial charge in [0.05, 0.1) is 6.42 Å². The monoisotopic (exact) mass is 233 g/mol. The first-order valence-electron chi connectivity index (χ1n) is 5.24. The second-order valence-corrected chi connectivity index (χ2v) is 5.62. The van der Waals surface area contributed by atoms with Gasteiger partial charge in [-0.25, -0.2) is 0 Å². The van der Waals surface area contributed by atoms with Crippen molar-refractivity contribution in [3.63, 3.8) is 0 Å². The summed E-state index contributed by atoms with van der Waals surface area (Å²) in [5, 5.41) is 0. The summed E-state index contributed by atoms with van der Waals surface area (Å²) < 4.78 is 5.22. The van der Waals surface area contributed by atoms with Crippen molar-refractivity contribution in [3.05, 3.63) is 0 Å². The first-order chi connectivity index (χ1) is 6.85. The number of thioether (sulfide) groups is 1. The lowest BCUT2D eigenvalue weighted by molar-refractivity contribution is -0.155. The van der Waals surface area contributed by atoms with E-state index in [1.807, 2.05) is 39.6 Å². The highest BCUT2D eigenvalue weighted by Crippen LogP contribution is 2.08. The van der Waals surface area contributed by atoms with E-state index in [4.69, 9.17) is 4.74 Å². The van der Waals surface area contributed by atoms with Gasteiger partial charge in [-0.2, -0.15) is 11.8 Å². The molecule has 90 valence electrons. The molecule has 0 unspecified atom stereocenters. The van der Waals surface area contributed by atoms with Crippen LogP contribution < -0.4 is 0 Å². The molecule has 0 aromatic heterocycles. The predicted molar refractivity (Wildman–Crippen MR) is 66.3 cm³/mol. The molecule has 0 N–H and O–H groups in total. The third-order valence-corrected chi connectivity index (χ3v) is 2.39. The molecule has 0 heterocycles. The Kier molecular flexibility index (Phi) is 7.02. The second kappa shape index (κ2) is 7.12. The van der Waals surface area contributed by atoms with Crippen LogP contribution in [0.3, 0.4) is 0 Å². The molecule has 0 aliphatic carbocycles. The molecule has 0 atom stereocenters. The highest BCUT2D eigenvalue weighted by atomic mass is 32.2. The van der Waals surface area contributed by atoms with Crippen LogP contribution in [-0.2, 0) is 9.53 Å². The van der Waals surface area contributed by atoms with Gasteiger partial charge in [0.1, 0.15) is 5.60 Å². The van der Waals surface area contributed by atoms with Crippen molar-refractivity contribution < 1.29 is 9.53 Å². The smallest absolute Gasteiger partial charge is 0.307 e. The molecular weight excluding hydrogens is 210 g/mol. The summed E-state index contributed by atoms with van der Waals surface area (Å²) in [6.07, 6.45) is 2.56. The number of hydrogen-bond acceptors (Lipinski definition) is 4. The van der Waals surface area contributed by atoms with Crippen LogP contribution in [0, 0.1) is 0 Å². The van der Waals surface area contributed by atoms with Crippen molar-refractivity contribution in [2.24, 2.45) is 0 Å². The molecule has 0 aliphatic rings. The predicted octanol–water partition coefficient (Wildman–Crippen LogP) is 2.01. The number of hydrogen-bond donors (Lipinski definition) is 0. The third-order valence-electron chi connectivity index (χ3n) is 1.79. The number of nitrogens with zero attached hydrogens (tertiary/aromatic N) is 1. The minimum Gasteiger partial charge on any atom is -0.460 e. The molecule has 0 amide bonds. The lowest BCUT2D eigenvalue weighted by Gasteiger charge is -2.21. The van der Waals surface area contributed by atoms with Crippen molar-refractivity contribution in [3.8, 4) is 0 Å². The van der Waals surface area contributed by atoms with E-state index in [-0.39, 0.29) is 11.6 Å². The largest absolute Gasteiger partial charge is 0.460 e. The molecule has 15 heavy (non-hydrogen) atoms. The number of esters is 1. The normalized spacial score (nSPS) is 11.9. The Labute approximate surface area is 97.5 Å².